The van der Waals surface area contributed by atoms with Gasteiger partial charge in [-0.25, -0.2) is 0 Å². The van der Waals surface area contributed by atoms with Crippen molar-refractivity contribution in [3.63, 3.8) is 0 Å². The van der Waals surface area contributed by atoms with E-state index >= 15 is 0 Å². The van der Waals surface area contributed by atoms with Crippen LogP contribution < -0.4 is 11.5 Å². The summed E-state index contributed by atoms with van der Waals surface area (Å²) in [5.41, 5.74) is 9.43. The second-order valence-corrected chi connectivity index (χ2v) is 2.82. The molecule has 5 heteroatoms. The topological polar surface area (TPSA) is 52.0 Å². The molecule has 2 nitrogen and oxygen atoms in total. The molecule has 1 aromatic rings. The van der Waals surface area contributed by atoms with E-state index in [1.54, 1.807) is 6.92 Å². The lowest BCUT2D eigenvalue weighted by atomic mass is 10.1. The van der Waals surface area contributed by atoms with E-state index in [1.165, 1.54) is 12.1 Å². The summed E-state index contributed by atoms with van der Waals surface area (Å²) >= 11 is 0. The van der Waals surface area contributed by atoms with Crippen LogP contribution in [0, 0.1) is 6.92 Å². The van der Waals surface area contributed by atoms with Crippen LogP contribution in [0.4, 0.5) is 24.5 Å². The van der Waals surface area contributed by atoms with Crippen molar-refractivity contribution < 1.29 is 13.2 Å². The molecule has 0 aliphatic rings. The van der Waals surface area contributed by atoms with Crippen LogP contribution in [0.5, 0.6) is 0 Å². The third-order valence-electron chi connectivity index (χ3n) is 1.63. The molecule has 1 rings (SSSR count). The van der Waals surface area contributed by atoms with Gasteiger partial charge in [-0.1, -0.05) is 0 Å². The zero-order chi connectivity index (χ0) is 10.2. The molecule has 0 bridgehead atoms. The van der Waals surface area contributed by atoms with Crippen LogP contribution in [0.2, 0.25) is 0 Å². The van der Waals surface area contributed by atoms with Crippen molar-refractivity contribution in [2.75, 3.05) is 11.5 Å². The van der Waals surface area contributed by atoms with E-state index in [2.05, 4.69) is 0 Å². The molecule has 0 spiro atoms. The molecule has 1 aromatic carbocycles. The van der Waals surface area contributed by atoms with Gasteiger partial charge in [-0.05, 0) is 24.6 Å². The number of hydrogen-bond acceptors (Lipinski definition) is 2. The van der Waals surface area contributed by atoms with Crippen molar-refractivity contribution in [1.29, 1.82) is 0 Å². The Labute approximate surface area is 73.3 Å². The summed E-state index contributed by atoms with van der Waals surface area (Å²) in [5.74, 6) is 0. The molecule has 0 atom stereocenters. The molecule has 0 aliphatic carbocycles. The van der Waals surface area contributed by atoms with Gasteiger partial charge in [0.1, 0.15) is 5.56 Å². The Bertz CT molecular complexity index is 308. The molecule has 0 heterocycles. The minimum atomic E-state index is -4.48. The normalized spacial score (nSPS) is 11.7. The quantitative estimate of drug-likeness (QED) is 0.616. The second kappa shape index (κ2) is 2.83. The molecule has 13 heavy (non-hydrogen) atoms. The third kappa shape index (κ3) is 1.85. The lowest BCUT2D eigenvalue weighted by molar-refractivity contribution is -0.136. The molecule has 4 N–H and O–H groups in total. The van der Waals surface area contributed by atoms with Gasteiger partial charge in [0.2, 0.25) is 0 Å². The maximum atomic E-state index is 12.3. The molecule has 0 radical (unpaired) electrons. The summed E-state index contributed by atoms with van der Waals surface area (Å²) in [6.07, 6.45) is -4.48. The molecular weight excluding hydrogens is 181 g/mol. The first-order valence-electron chi connectivity index (χ1n) is 3.55. The van der Waals surface area contributed by atoms with Gasteiger partial charge in [-0.3, -0.25) is 0 Å². The summed E-state index contributed by atoms with van der Waals surface area (Å²) in [7, 11) is 0. The molecule has 0 aromatic heterocycles. The lowest BCUT2D eigenvalue weighted by Crippen LogP contribution is -2.12. The van der Waals surface area contributed by atoms with Crippen LogP contribution in [0.25, 0.3) is 0 Å². The highest BCUT2D eigenvalue weighted by Crippen LogP contribution is 2.38. The number of nitrogens with two attached hydrogens (primary N) is 2. The van der Waals surface area contributed by atoms with Crippen molar-refractivity contribution in [2.45, 2.75) is 13.1 Å². The van der Waals surface area contributed by atoms with Crippen molar-refractivity contribution in [2.24, 2.45) is 0 Å². The Balaban J connectivity index is 3.38. The zero-order valence-electron chi connectivity index (χ0n) is 6.94. The van der Waals surface area contributed by atoms with Gasteiger partial charge in [0.05, 0.1) is 0 Å². The fourth-order valence-electron chi connectivity index (χ4n) is 1.17. The SMILES string of the molecule is Cc1cc(N)c(C(F)(F)F)c(N)c1. The Morgan fingerprint density at radius 3 is 1.77 bits per heavy atom. The number of benzene rings is 1. The number of rotatable bonds is 0. The summed E-state index contributed by atoms with van der Waals surface area (Å²) in [5, 5.41) is 0. The average molecular weight is 190 g/mol. The molecule has 0 fully saturated rings. The fraction of sp³-hybridized carbons (Fsp3) is 0.250. The number of anilines is 2. The summed E-state index contributed by atoms with van der Waals surface area (Å²) in [6.45, 7) is 1.63. The van der Waals surface area contributed by atoms with E-state index in [1.807, 2.05) is 0 Å². The van der Waals surface area contributed by atoms with Gasteiger partial charge in [0, 0.05) is 11.4 Å². The van der Waals surface area contributed by atoms with E-state index < -0.39 is 11.7 Å². The number of alkyl halides is 3. The molecule has 72 valence electrons. The van der Waals surface area contributed by atoms with Gasteiger partial charge in [0.15, 0.2) is 0 Å². The summed E-state index contributed by atoms with van der Waals surface area (Å²) < 4.78 is 36.8. The first kappa shape index (κ1) is 9.70. The molecule has 0 amide bonds. The zero-order valence-corrected chi connectivity index (χ0v) is 6.94. The monoisotopic (exact) mass is 190 g/mol. The number of halogens is 3. The maximum Gasteiger partial charge on any atom is 0.420 e. The standard InChI is InChI=1S/C8H9F3N2/c1-4-2-5(12)7(6(13)3-4)8(9,10)11/h2-3H,12-13H2,1H3. The van der Waals surface area contributed by atoms with E-state index in [-0.39, 0.29) is 11.4 Å². The van der Waals surface area contributed by atoms with Crippen molar-refractivity contribution >= 4 is 11.4 Å². The van der Waals surface area contributed by atoms with Gasteiger partial charge >= 0.3 is 6.18 Å². The first-order chi connectivity index (χ1) is 5.82. The van der Waals surface area contributed by atoms with Crippen LogP contribution in [0.1, 0.15) is 11.1 Å². The van der Waals surface area contributed by atoms with Crippen molar-refractivity contribution in [3.8, 4) is 0 Å². The summed E-state index contributed by atoms with van der Waals surface area (Å²) in [6, 6.07) is 2.50. The minimum Gasteiger partial charge on any atom is -0.398 e. The van der Waals surface area contributed by atoms with Crippen molar-refractivity contribution in [1.82, 2.24) is 0 Å². The number of nitrogen functional groups attached to an aromatic ring is 2. The fourth-order valence-corrected chi connectivity index (χ4v) is 1.17. The Kier molecular flexibility index (Phi) is 2.11. The van der Waals surface area contributed by atoms with Crippen LogP contribution in [-0.2, 0) is 6.18 Å². The predicted molar refractivity (Wildman–Crippen MR) is 45.0 cm³/mol. The van der Waals surface area contributed by atoms with Crippen LogP contribution in [0.15, 0.2) is 12.1 Å². The van der Waals surface area contributed by atoms with Gasteiger partial charge in [0.25, 0.3) is 0 Å². The lowest BCUT2D eigenvalue weighted by Gasteiger charge is -2.13. The van der Waals surface area contributed by atoms with Crippen LogP contribution in [-0.4, -0.2) is 0 Å². The number of aryl methyl sites for hydroxylation is 1. The average Bonchev–Trinajstić information content (AvgIpc) is 1.78. The van der Waals surface area contributed by atoms with Gasteiger partial charge < -0.3 is 11.5 Å². The minimum absolute atomic E-state index is 0.329. The largest absolute Gasteiger partial charge is 0.420 e. The predicted octanol–water partition coefficient (Wildman–Crippen LogP) is 2.18. The third-order valence-corrected chi connectivity index (χ3v) is 1.63. The Hall–Kier alpha value is -1.39. The second-order valence-electron chi connectivity index (χ2n) is 2.82. The van der Waals surface area contributed by atoms with Gasteiger partial charge in [-0.15, -0.1) is 0 Å². The highest BCUT2D eigenvalue weighted by molar-refractivity contribution is 5.64. The molecule has 0 saturated carbocycles. The van der Waals surface area contributed by atoms with E-state index in [0.29, 0.717) is 5.56 Å². The number of hydrogen-bond donors (Lipinski definition) is 2. The van der Waals surface area contributed by atoms with E-state index in [0.717, 1.165) is 0 Å². The van der Waals surface area contributed by atoms with E-state index in [4.69, 9.17) is 11.5 Å². The highest BCUT2D eigenvalue weighted by atomic mass is 19.4. The van der Waals surface area contributed by atoms with Crippen LogP contribution >= 0.6 is 0 Å². The molecule has 0 aliphatic heterocycles. The molecular formula is C8H9F3N2. The van der Waals surface area contributed by atoms with Crippen LogP contribution in [0.3, 0.4) is 0 Å². The Morgan fingerprint density at radius 2 is 1.46 bits per heavy atom. The molecule has 0 saturated heterocycles. The summed E-state index contributed by atoms with van der Waals surface area (Å²) in [4.78, 5) is 0. The maximum absolute atomic E-state index is 12.3. The van der Waals surface area contributed by atoms with Gasteiger partial charge in [-0.2, -0.15) is 13.2 Å². The highest BCUT2D eigenvalue weighted by Gasteiger charge is 2.35. The first-order valence-corrected chi connectivity index (χ1v) is 3.55. The van der Waals surface area contributed by atoms with E-state index in [9.17, 15) is 13.2 Å². The Morgan fingerprint density at radius 1 is 1.08 bits per heavy atom. The van der Waals surface area contributed by atoms with Crippen molar-refractivity contribution in [3.05, 3.63) is 23.3 Å². The smallest absolute Gasteiger partial charge is 0.398 e. The molecule has 0 unspecified atom stereocenters.